The molecule has 0 bridgehead atoms. The van der Waals surface area contributed by atoms with E-state index in [0.29, 0.717) is 5.92 Å². The van der Waals surface area contributed by atoms with Crippen molar-refractivity contribution in [3.63, 3.8) is 0 Å². The summed E-state index contributed by atoms with van der Waals surface area (Å²) in [6.07, 6.45) is 7.35. The van der Waals surface area contributed by atoms with Crippen molar-refractivity contribution in [1.29, 1.82) is 0 Å². The predicted molar refractivity (Wildman–Crippen MR) is 144 cm³/mol. The van der Waals surface area contributed by atoms with Crippen LogP contribution in [0.15, 0.2) is 36.4 Å². The highest BCUT2D eigenvalue weighted by Gasteiger charge is 2.41. The van der Waals surface area contributed by atoms with E-state index in [9.17, 15) is 13.2 Å². The number of nitrogens with two attached hydrogens (primary N) is 3. The van der Waals surface area contributed by atoms with Crippen LogP contribution in [-0.4, -0.2) is 57.2 Å². The van der Waals surface area contributed by atoms with E-state index in [0.717, 1.165) is 75.9 Å². The molecule has 2 aliphatic heterocycles. The largest absolute Gasteiger partial charge is 0.417 e. The van der Waals surface area contributed by atoms with Gasteiger partial charge in [-0.3, -0.25) is 4.98 Å². The van der Waals surface area contributed by atoms with Crippen molar-refractivity contribution in [3.05, 3.63) is 47.6 Å². The molecule has 2 unspecified atom stereocenters. The number of allylic oxidation sites excluding steroid dienone is 2. The Kier molecular flexibility index (Phi) is 11.9. The van der Waals surface area contributed by atoms with Crippen molar-refractivity contribution >= 4 is 21.4 Å². The molecule has 0 spiro atoms. The normalized spacial score (nSPS) is 22.8. The molecule has 4 rings (SSSR count). The summed E-state index contributed by atoms with van der Waals surface area (Å²) < 4.78 is 43.3. The number of fused-ring (bicyclic) bond motifs is 1. The zero-order valence-electron chi connectivity index (χ0n) is 22.0. The SMILES string of the molecule is CC.NC(N)=C/C=C(\N)c1cnccc1C(F)(F)F.[B]C([B])(CC1CCOCC1)N1CC2CCCC2C1. The van der Waals surface area contributed by atoms with E-state index in [-0.39, 0.29) is 17.1 Å². The molecule has 3 aliphatic rings. The number of rotatable bonds is 5. The first-order chi connectivity index (χ1) is 17.5. The lowest BCUT2D eigenvalue weighted by molar-refractivity contribution is -0.137. The van der Waals surface area contributed by atoms with E-state index in [1.165, 1.54) is 31.4 Å². The number of hydrogen-bond acceptors (Lipinski definition) is 6. The van der Waals surface area contributed by atoms with Crippen molar-refractivity contribution in [3.8, 4) is 0 Å². The minimum Gasteiger partial charge on any atom is -0.398 e. The number of likely N-dealkylation sites (tertiary alicyclic amines) is 1. The minimum absolute atomic E-state index is 0.0506. The fraction of sp³-hybridized carbons (Fsp3) is 0.654. The summed E-state index contributed by atoms with van der Waals surface area (Å²) in [7, 11) is 12.8. The van der Waals surface area contributed by atoms with Gasteiger partial charge >= 0.3 is 6.18 Å². The Balaban J connectivity index is 0.000000245. The minimum atomic E-state index is -4.49. The summed E-state index contributed by atoms with van der Waals surface area (Å²) >= 11 is 0. The fourth-order valence-corrected chi connectivity index (χ4v) is 5.26. The molecule has 0 amide bonds. The maximum absolute atomic E-state index is 12.6. The third kappa shape index (κ3) is 9.28. The summed E-state index contributed by atoms with van der Waals surface area (Å²) in [6, 6.07) is 0.853. The molecule has 37 heavy (non-hydrogen) atoms. The summed E-state index contributed by atoms with van der Waals surface area (Å²) in [5.41, 5.74) is 14.6. The topological polar surface area (TPSA) is 103 Å². The second-order valence-corrected chi connectivity index (χ2v) is 9.81. The van der Waals surface area contributed by atoms with Crippen LogP contribution in [0.25, 0.3) is 5.70 Å². The average Bonchev–Trinajstić information content (AvgIpc) is 3.47. The number of halogens is 3. The van der Waals surface area contributed by atoms with Crippen molar-refractivity contribution in [2.75, 3.05) is 26.3 Å². The van der Waals surface area contributed by atoms with Gasteiger partial charge in [0.15, 0.2) is 0 Å². The third-order valence-electron chi connectivity index (χ3n) is 7.16. The lowest BCUT2D eigenvalue weighted by Crippen LogP contribution is -2.50. The number of hydrogen-bond donors (Lipinski definition) is 3. The number of aromatic nitrogens is 1. The summed E-state index contributed by atoms with van der Waals surface area (Å²) in [4.78, 5) is 5.96. The van der Waals surface area contributed by atoms with Crippen molar-refractivity contribution in [2.24, 2.45) is 35.0 Å². The molecule has 202 valence electrons. The van der Waals surface area contributed by atoms with Crippen LogP contribution in [0, 0.1) is 17.8 Å². The van der Waals surface area contributed by atoms with Gasteiger partial charge in [-0.15, -0.1) is 0 Å². The Labute approximate surface area is 222 Å². The monoisotopic (exact) mass is 517 g/mol. The van der Waals surface area contributed by atoms with Gasteiger partial charge in [-0.1, -0.05) is 25.6 Å². The van der Waals surface area contributed by atoms with E-state index in [1.54, 1.807) is 0 Å². The molecule has 3 heterocycles. The van der Waals surface area contributed by atoms with Crippen LogP contribution in [0.3, 0.4) is 0 Å². The van der Waals surface area contributed by atoms with E-state index in [1.807, 2.05) is 13.8 Å². The molecule has 3 fully saturated rings. The Bertz CT molecular complexity index is 888. The third-order valence-corrected chi connectivity index (χ3v) is 7.16. The molecule has 2 saturated heterocycles. The highest BCUT2D eigenvalue weighted by molar-refractivity contribution is 6.40. The molecule has 6 N–H and O–H groups in total. The van der Waals surface area contributed by atoms with Gasteiger partial charge < -0.3 is 26.8 Å². The maximum Gasteiger partial charge on any atom is 0.417 e. The van der Waals surface area contributed by atoms with Crippen LogP contribution in [-0.2, 0) is 10.9 Å². The smallest absolute Gasteiger partial charge is 0.398 e. The molecule has 1 saturated carbocycles. The molecular weight excluding hydrogens is 477 g/mol. The van der Waals surface area contributed by atoms with Gasteiger partial charge in [-0.05, 0) is 68.1 Å². The van der Waals surface area contributed by atoms with E-state index < -0.39 is 17.1 Å². The van der Waals surface area contributed by atoms with Gasteiger partial charge in [0.1, 0.15) is 0 Å². The van der Waals surface area contributed by atoms with Gasteiger partial charge in [-0.2, -0.15) is 13.2 Å². The first-order valence-electron chi connectivity index (χ1n) is 13.1. The molecule has 0 aromatic carbocycles. The Morgan fingerprint density at radius 1 is 1.05 bits per heavy atom. The van der Waals surface area contributed by atoms with Crippen LogP contribution in [0.5, 0.6) is 0 Å². The van der Waals surface area contributed by atoms with E-state index >= 15 is 0 Å². The highest BCUT2D eigenvalue weighted by Crippen LogP contribution is 2.40. The number of pyridine rings is 1. The van der Waals surface area contributed by atoms with E-state index in [2.05, 4.69) is 9.88 Å². The van der Waals surface area contributed by atoms with E-state index in [4.69, 9.17) is 37.6 Å². The maximum atomic E-state index is 12.6. The van der Waals surface area contributed by atoms with Crippen LogP contribution in [0.4, 0.5) is 13.2 Å². The zero-order chi connectivity index (χ0) is 27.6. The molecule has 1 aromatic rings. The van der Waals surface area contributed by atoms with Crippen molar-refractivity contribution in [2.45, 2.75) is 63.9 Å². The molecule has 2 atom stereocenters. The molecule has 1 aliphatic carbocycles. The Morgan fingerprint density at radius 2 is 1.65 bits per heavy atom. The first-order valence-corrected chi connectivity index (χ1v) is 13.1. The lowest BCUT2D eigenvalue weighted by Gasteiger charge is -2.41. The summed E-state index contributed by atoms with van der Waals surface area (Å²) in [5.74, 6) is 2.33. The molecular formula is C26H40B2F3N5O. The number of alkyl halides is 3. The molecule has 1 aromatic heterocycles. The predicted octanol–water partition coefficient (Wildman–Crippen LogP) is 3.71. The number of nitrogens with zero attached hydrogens (tertiary/aromatic N) is 2. The van der Waals surface area contributed by atoms with Gasteiger partial charge in [-0.25, -0.2) is 0 Å². The van der Waals surface area contributed by atoms with Gasteiger partial charge in [0.2, 0.25) is 0 Å². The Hall–Kier alpha value is -2.13. The second kappa shape index (κ2) is 14.1. The summed E-state index contributed by atoms with van der Waals surface area (Å²) in [6.45, 7) is 8.01. The molecule has 4 radical (unpaired) electrons. The number of ether oxygens (including phenoxy) is 1. The van der Waals surface area contributed by atoms with Gasteiger partial charge in [0.05, 0.1) is 27.1 Å². The molecule has 11 heteroatoms. The fourth-order valence-electron chi connectivity index (χ4n) is 5.26. The average molecular weight is 517 g/mol. The highest BCUT2D eigenvalue weighted by atomic mass is 19.4. The standard InChI is InChI=1S/C14H23B2NO.C10H11F3N4.C2H6/c15-14(16,8-11-4-6-18-7-5-11)17-9-12-2-1-3-13(12)10-17;11-10(12,13)7-3-4-17-5-6(7)8(14)1-2-9(15)16;1-2/h11-13H,1-10H2;1-5H,14-16H2;1-2H3/b;8-1-;. The summed E-state index contributed by atoms with van der Waals surface area (Å²) in [5, 5.41) is -0.591. The van der Waals surface area contributed by atoms with Gasteiger partial charge in [0, 0.05) is 50.0 Å². The zero-order valence-corrected chi connectivity index (χ0v) is 22.0. The second-order valence-electron chi connectivity index (χ2n) is 9.81. The van der Waals surface area contributed by atoms with Gasteiger partial charge in [0.25, 0.3) is 0 Å². The Morgan fingerprint density at radius 3 is 2.19 bits per heavy atom. The first kappa shape index (κ1) is 31.1. The molecule has 6 nitrogen and oxygen atoms in total. The van der Waals surface area contributed by atoms with Crippen molar-refractivity contribution in [1.82, 2.24) is 9.88 Å². The van der Waals surface area contributed by atoms with Crippen molar-refractivity contribution < 1.29 is 17.9 Å². The van der Waals surface area contributed by atoms with Crippen LogP contribution < -0.4 is 17.2 Å². The van der Waals surface area contributed by atoms with Crippen LogP contribution >= 0.6 is 0 Å². The quantitative estimate of drug-likeness (QED) is 0.407. The lowest BCUT2D eigenvalue weighted by atomic mass is 9.56. The van der Waals surface area contributed by atoms with Crippen LogP contribution in [0.2, 0.25) is 0 Å². The van der Waals surface area contributed by atoms with Crippen LogP contribution in [0.1, 0.15) is 63.5 Å².